The highest BCUT2D eigenvalue weighted by Gasteiger charge is 2.27. The second kappa shape index (κ2) is 3.59. The van der Waals surface area contributed by atoms with Gasteiger partial charge in [-0.3, -0.25) is 0 Å². The maximum atomic E-state index is 9.99. The van der Waals surface area contributed by atoms with Gasteiger partial charge in [-0.15, -0.1) is 4.73 Å². The molecule has 1 aliphatic carbocycles. The lowest BCUT2D eigenvalue weighted by atomic mass is 10.0. The Morgan fingerprint density at radius 1 is 1.25 bits per heavy atom. The number of rotatable bonds is 2. The molecular formula is C11H17NO3Si. The van der Waals surface area contributed by atoms with Crippen LogP contribution in [-0.4, -0.2) is 23.3 Å². The van der Waals surface area contributed by atoms with Crippen LogP contribution < -0.4 is 4.53 Å². The molecule has 2 rings (SSSR count). The number of fused-ring (bicyclic) bond motifs is 1. The van der Waals surface area contributed by atoms with E-state index in [1.165, 1.54) is 4.73 Å². The van der Waals surface area contributed by atoms with Gasteiger partial charge in [0.1, 0.15) is 0 Å². The van der Waals surface area contributed by atoms with Gasteiger partial charge in [0.25, 0.3) is 8.32 Å². The highest BCUT2D eigenvalue weighted by molar-refractivity contribution is 6.69. The summed E-state index contributed by atoms with van der Waals surface area (Å²) in [5, 5.41) is 20.0. The van der Waals surface area contributed by atoms with Crippen LogP contribution in [-0.2, 0) is 6.42 Å². The largest absolute Gasteiger partial charge is 0.492 e. The fraction of sp³-hybridized carbons (Fsp3) is 0.455. The second-order valence-electron chi connectivity index (χ2n) is 4.98. The van der Waals surface area contributed by atoms with Crippen molar-refractivity contribution in [3.05, 3.63) is 17.2 Å². The zero-order valence-corrected chi connectivity index (χ0v) is 10.8. The summed E-state index contributed by atoms with van der Waals surface area (Å²) in [6.45, 7) is 6.00. The fourth-order valence-corrected chi connectivity index (χ4v) is 2.52. The molecule has 1 aromatic rings. The van der Waals surface area contributed by atoms with E-state index in [0.717, 1.165) is 18.4 Å². The van der Waals surface area contributed by atoms with Crippen LogP contribution in [0.1, 0.15) is 17.5 Å². The summed E-state index contributed by atoms with van der Waals surface area (Å²) in [5.74, 6) is 0.0464. The van der Waals surface area contributed by atoms with Gasteiger partial charge in [-0.25, -0.2) is 0 Å². The van der Waals surface area contributed by atoms with E-state index in [2.05, 4.69) is 0 Å². The summed E-state index contributed by atoms with van der Waals surface area (Å²) in [6, 6.07) is 0. The summed E-state index contributed by atoms with van der Waals surface area (Å²) in [7, 11) is -1.86. The number of aromatic nitrogens is 1. The number of hydrogen-bond donors (Lipinski definition) is 2. The van der Waals surface area contributed by atoms with E-state index in [0.29, 0.717) is 5.56 Å². The van der Waals surface area contributed by atoms with Crippen molar-refractivity contribution >= 4 is 14.4 Å². The SMILES string of the molecule is C[Si](C)(C)On1c(O)c2c(c1O)CCC=C2. The summed E-state index contributed by atoms with van der Waals surface area (Å²) < 4.78 is 6.81. The predicted octanol–water partition coefficient (Wildman–Crippen LogP) is 2.12. The van der Waals surface area contributed by atoms with Gasteiger partial charge in [0.05, 0.1) is 0 Å². The zero-order chi connectivity index (χ0) is 11.9. The first-order valence-corrected chi connectivity index (χ1v) is 8.82. The van der Waals surface area contributed by atoms with Gasteiger partial charge in [-0.05, 0) is 32.5 Å². The van der Waals surface area contributed by atoms with Crippen molar-refractivity contribution in [3.8, 4) is 11.8 Å². The molecule has 5 heteroatoms. The molecule has 0 bridgehead atoms. The Balaban J connectivity index is 2.47. The van der Waals surface area contributed by atoms with Crippen molar-refractivity contribution in [3.63, 3.8) is 0 Å². The van der Waals surface area contributed by atoms with E-state index in [4.69, 9.17) is 4.53 Å². The zero-order valence-electron chi connectivity index (χ0n) is 9.82. The highest BCUT2D eigenvalue weighted by atomic mass is 28.4. The number of hydrogen-bond acceptors (Lipinski definition) is 3. The van der Waals surface area contributed by atoms with Gasteiger partial charge in [-0.1, -0.05) is 12.2 Å². The van der Waals surface area contributed by atoms with Gasteiger partial charge in [0.2, 0.25) is 11.8 Å². The minimum absolute atomic E-state index is 0.00544. The lowest BCUT2D eigenvalue weighted by Crippen LogP contribution is -2.36. The molecule has 0 saturated carbocycles. The third kappa shape index (κ3) is 1.82. The molecule has 2 N–H and O–H groups in total. The summed E-state index contributed by atoms with van der Waals surface area (Å²) >= 11 is 0. The second-order valence-corrected chi connectivity index (χ2v) is 9.39. The van der Waals surface area contributed by atoms with Crippen LogP contribution in [0.15, 0.2) is 6.08 Å². The summed E-state index contributed by atoms with van der Waals surface area (Å²) in [6.07, 6.45) is 5.45. The Morgan fingerprint density at radius 3 is 2.50 bits per heavy atom. The lowest BCUT2D eigenvalue weighted by molar-refractivity contribution is 0.191. The molecule has 0 spiro atoms. The number of allylic oxidation sites excluding steroid dienone is 1. The van der Waals surface area contributed by atoms with Gasteiger partial charge < -0.3 is 14.7 Å². The van der Waals surface area contributed by atoms with Crippen molar-refractivity contribution in [2.75, 3.05) is 0 Å². The normalized spacial score (nSPS) is 14.9. The fourth-order valence-electron chi connectivity index (χ4n) is 1.80. The quantitative estimate of drug-likeness (QED) is 0.777. The van der Waals surface area contributed by atoms with Gasteiger partial charge in [0.15, 0.2) is 0 Å². The third-order valence-electron chi connectivity index (χ3n) is 2.43. The van der Waals surface area contributed by atoms with E-state index in [1.54, 1.807) is 0 Å². The molecule has 1 heterocycles. The lowest BCUT2D eigenvalue weighted by Gasteiger charge is -2.20. The van der Waals surface area contributed by atoms with Crippen molar-refractivity contribution in [1.29, 1.82) is 0 Å². The molecule has 0 fully saturated rings. The van der Waals surface area contributed by atoms with Crippen molar-refractivity contribution in [1.82, 2.24) is 4.73 Å². The average molecular weight is 239 g/mol. The van der Waals surface area contributed by atoms with Crippen LogP contribution in [0.5, 0.6) is 11.8 Å². The number of nitrogens with zero attached hydrogens (tertiary/aromatic N) is 1. The van der Waals surface area contributed by atoms with E-state index >= 15 is 0 Å². The molecule has 0 radical (unpaired) electrons. The molecular weight excluding hydrogens is 222 g/mol. The minimum Gasteiger partial charge on any atom is -0.492 e. The standard InChI is InChI=1S/C11H17NO3Si/c1-16(2,3)15-12-10(13)8-6-4-5-7-9(8)11(12)14/h4,6,13-14H,5,7H2,1-3H3. The van der Waals surface area contributed by atoms with E-state index < -0.39 is 8.32 Å². The molecule has 0 saturated heterocycles. The molecule has 0 atom stereocenters. The maximum absolute atomic E-state index is 9.99. The van der Waals surface area contributed by atoms with Crippen molar-refractivity contribution in [2.45, 2.75) is 32.5 Å². The van der Waals surface area contributed by atoms with Gasteiger partial charge in [-0.2, -0.15) is 0 Å². The molecule has 4 nitrogen and oxygen atoms in total. The monoisotopic (exact) mass is 239 g/mol. The maximum Gasteiger partial charge on any atom is 0.276 e. The molecule has 0 amide bonds. The first-order valence-electron chi connectivity index (χ1n) is 5.41. The molecule has 1 aromatic heterocycles. The van der Waals surface area contributed by atoms with Crippen LogP contribution >= 0.6 is 0 Å². The Bertz CT molecular complexity index is 443. The van der Waals surface area contributed by atoms with E-state index in [-0.39, 0.29) is 11.8 Å². The number of aromatic hydroxyl groups is 2. The Hall–Kier alpha value is -1.36. The van der Waals surface area contributed by atoms with E-state index in [9.17, 15) is 10.2 Å². The molecule has 0 unspecified atom stereocenters. The van der Waals surface area contributed by atoms with Crippen LogP contribution in [0.4, 0.5) is 0 Å². The van der Waals surface area contributed by atoms with Crippen LogP contribution in [0.3, 0.4) is 0 Å². The molecule has 0 aromatic carbocycles. The highest BCUT2D eigenvalue weighted by Crippen LogP contribution is 2.37. The topological polar surface area (TPSA) is 54.6 Å². The average Bonchev–Trinajstić information content (AvgIpc) is 2.43. The summed E-state index contributed by atoms with van der Waals surface area (Å²) in [4.78, 5) is 0. The minimum atomic E-state index is -1.86. The Labute approximate surface area is 95.9 Å². The molecule has 1 aliphatic rings. The van der Waals surface area contributed by atoms with E-state index in [1.807, 2.05) is 31.8 Å². The molecule has 16 heavy (non-hydrogen) atoms. The first-order chi connectivity index (χ1) is 7.40. The van der Waals surface area contributed by atoms with Crippen molar-refractivity contribution in [2.24, 2.45) is 0 Å². The van der Waals surface area contributed by atoms with Crippen molar-refractivity contribution < 1.29 is 14.7 Å². The smallest absolute Gasteiger partial charge is 0.276 e. The molecule has 0 aliphatic heterocycles. The summed E-state index contributed by atoms with van der Waals surface area (Å²) in [5.41, 5.74) is 1.46. The van der Waals surface area contributed by atoms with Gasteiger partial charge in [0, 0.05) is 11.1 Å². The predicted molar refractivity (Wildman–Crippen MR) is 65.0 cm³/mol. The first kappa shape index (κ1) is 11.1. The van der Waals surface area contributed by atoms with Crippen LogP contribution in [0.25, 0.3) is 6.08 Å². The molecule has 88 valence electrons. The Morgan fingerprint density at radius 2 is 1.94 bits per heavy atom. The third-order valence-corrected chi connectivity index (χ3v) is 3.16. The van der Waals surface area contributed by atoms with Crippen LogP contribution in [0.2, 0.25) is 19.6 Å². The Kier molecular flexibility index (Phi) is 2.50. The van der Waals surface area contributed by atoms with Gasteiger partial charge >= 0.3 is 0 Å². The van der Waals surface area contributed by atoms with Crippen LogP contribution in [0, 0.1) is 0 Å².